The average Bonchev–Trinajstić information content (AvgIpc) is 3.30. The average molecular weight is 510 g/mol. The molecular weight excluding hydrogens is 486 g/mol. The van der Waals surface area contributed by atoms with Gasteiger partial charge in [0.1, 0.15) is 28.3 Å². The number of ether oxygens (including phenoxy) is 2. The van der Waals surface area contributed by atoms with Crippen molar-refractivity contribution >= 4 is 28.4 Å². The Hall–Kier alpha value is -3.89. The SMILES string of the molecule is Cc1cc([C@@H](C)Oc2ccc(Cl)nc2C(N)=NO)c2oc(-c3cnn4c3COCC4)c(C)c(=O)c2c1. The predicted octanol–water partition coefficient (Wildman–Crippen LogP) is 4.09. The van der Waals surface area contributed by atoms with E-state index < -0.39 is 6.10 Å². The second-order valence-corrected chi connectivity index (χ2v) is 9.01. The molecule has 10 nitrogen and oxygen atoms in total. The van der Waals surface area contributed by atoms with Crippen LogP contribution in [0.25, 0.3) is 22.3 Å². The van der Waals surface area contributed by atoms with Crippen LogP contribution < -0.4 is 15.9 Å². The maximum Gasteiger partial charge on any atom is 0.196 e. The standard InChI is InChI=1S/C25H24ClN5O5/c1-12-8-15(14(3)35-19-4-5-20(26)29-21(19)25(27)30-33)24-16(9-12)22(32)13(2)23(36-24)17-10-28-31-6-7-34-11-18(17)31/h4-5,8-10,14,33H,6-7,11H2,1-3H3,(H2,27,30)/t14-/m1/s1. The smallest absolute Gasteiger partial charge is 0.196 e. The van der Waals surface area contributed by atoms with E-state index in [1.807, 2.05) is 24.6 Å². The number of halogens is 1. The maximum absolute atomic E-state index is 13.5. The number of oxime groups is 1. The normalized spacial score (nSPS) is 14.6. The van der Waals surface area contributed by atoms with E-state index in [-0.39, 0.29) is 27.9 Å². The third kappa shape index (κ3) is 4.08. The summed E-state index contributed by atoms with van der Waals surface area (Å²) in [7, 11) is 0. The molecule has 3 aromatic heterocycles. The summed E-state index contributed by atoms with van der Waals surface area (Å²) in [6.07, 6.45) is 1.11. The molecule has 36 heavy (non-hydrogen) atoms. The van der Waals surface area contributed by atoms with Gasteiger partial charge in [-0.3, -0.25) is 9.48 Å². The fraction of sp³-hybridized carbons (Fsp3) is 0.280. The van der Waals surface area contributed by atoms with Gasteiger partial charge >= 0.3 is 0 Å². The fourth-order valence-electron chi connectivity index (χ4n) is 4.39. The molecule has 4 heterocycles. The van der Waals surface area contributed by atoms with Crippen LogP contribution >= 0.6 is 11.6 Å². The molecule has 0 fully saturated rings. The Bertz CT molecular complexity index is 1580. The van der Waals surface area contributed by atoms with Crippen LogP contribution in [-0.4, -0.2) is 32.4 Å². The number of aryl methyl sites for hydroxylation is 1. The lowest BCUT2D eigenvalue weighted by molar-refractivity contribution is 0.0803. The van der Waals surface area contributed by atoms with E-state index in [1.54, 1.807) is 31.3 Å². The molecule has 0 bridgehead atoms. The van der Waals surface area contributed by atoms with Crippen molar-refractivity contribution in [2.45, 2.75) is 40.0 Å². The monoisotopic (exact) mass is 509 g/mol. The van der Waals surface area contributed by atoms with Gasteiger partial charge in [0.15, 0.2) is 17.0 Å². The number of hydrogen-bond acceptors (Lipinski definition) is 8. The van der Waals surface area contributed by atoms with E-state index in [0.717, 1.165) is 16.8 Å². The van der Waals surface area contributed by atoms with Crippen LogP contribution in [0.4, 0.5) is 0 Å². The molecule has 1 aliphatic rings. The van der Waals surface area contributed by atoms with E-state index in [4.69, 9.17) is 36.4 Å². The summed E-state index contributed by atoms with van der Waals surface area (Å²) in [6.45, 7) is 7.07. The fourth-order valence-corrected chi connectivity index (χ4v) is 4.54. The number of nitrogens with zero attached hydrogens (tertiary/aromatic N) is 4. The van der Waals surface area contributed by atoms with Crippen LogP contribution in [-0.2, 0) is 17.9 Å². The van der Waals surface area contributed by atoms with Crippen molar-refractivity contribution < 1.29 is 19.1 Å². The number of benzene rings is 1. The number of pyridine rings is 1. The highest BCUT2D eigenvalue weighted by atomic mass is 35.5. The minimum atomic E-state index is -0.594. The molecule has 186 valence electrons. The van der Waals surface area contributed by atoms with Crippen molar-refractivity contribution in [3.05, 3.63) is 73.9 Å². The summed E-state index contributed by atoms with van der Waals surface area (Å²) in [5.74, 6) is 0.461. The van der Waals surface area contributed by atoms with Gasteiger partial charge in [-0.05, 0) is 50.6 Å². The van der Waals surface area contributed by atoms with Gasteiger partial charge in [-0.2, -0.15) is 5.10 Å². The van der Waals surface area contributed by atoms with E-state index in [1.165, 1.54) is 0 Å². The second kappa shape index (κ2) is 9.29. The Morgan fingerprint density at radius 1 is 1.33 bits per heavy atom. The lowest BCUT2D eigenvalue weighted by Crippen LogP contribution is -2.18. The summed E-state index contributed by atoms with van der Waals surface area (Å²) >= 11 is 5.99. The van der Waals surface area contributed by atoms with Crippen molar-refractivity contribution in [1.82, 2.24) is 14.8 Å². The number of nitrogens with two attached hydrogens (primary N) is 1. The minimum absolute atomic E-state index is 0.0957. The van der Waals surface area contributed by atoms with Crippen molar-refractivity contribution in [2.75, 3.05) is 6.61 Å². The summed E-state index contributed by atoms with van der Waals surface area (Å²) in [6, 6.07) is 6.83. The van der Waals surface area contributed by atoms with E-state index in [2.05, 4.69) is 15.2 Å². The van der Waals surface area contributed by atoms with Crippen LogP contribution in [0, 0.1) is 13.8 Å². The quantitative estimate of drug-likeness (QED) is 0.135. The Morgan fingerprint density at radius 3 is 2.92 bits per heavy atom. The van der Waals surface area contributed by atoms with Gasteiger partial charge in [0.2, 0.25) is 0 Å². The number of rotatable bonds is 5. The van der Waals surface area contributed by atoms with Crippen molar-refractivity contribution in [3.8, 4) is 17.1 Å². The number of fused-ring (bicyclic) bond motifs is 2. The number of amidine groups is 1. The lowest BCUT2D eigenvalue weighted by atomic mass is 10.00. The zero-order valence-electron chi connectivity index (χ0n) is 19.9. The Labute approximate surface area is 210 Å². The van der Waals surface area contributed by atoms with Gasteiger partial charge in [0.05, 0.1) is 42.6 Å². The topological polar surface area (TPSA) is 138 Å². The molecular formula is C25H24ClN5O5. The highest BCUT2D eigenvalue weighted by Crippen LogP contribution is 2.35. The summed E-state index contributed by atoms with van der Waals surface area (Å²) in [5.41, 5.74) is 9.75. The third-order valence-corrected chi connectivity index (χ3v) is 6.40. The Kier molecular flexibility index (Phi) is 6.15. The zero-order chi connectivity index (χ0) is 25.6. The molecule has 0 unspecified atom stereocenters. The van der Waals surface area contributed by atoms with Gasteiger partial charge < -0.3 is 24.8 Å². The molecule has 3 N–H and O–H groups in total. The Morgan fingerprint density at radius 2 is 2.14 bits per heavy atom. The molecule has 0 spiro atoms. The molecule has 0 saturated carbocycles. The highest BCUT2D eigenvalue weighted by molar-refractivity contribution is 6.29. The summed E-state index contributed by atoms with van der Waals surface area (Å²) < 4.78 is 20.1. The molecule has 0 saturated heterocycles. The highest BCUT2D eigenvalue weighted by Gasteiger charge is 2.25. The van der Waals surface area contributed by atoms with Gasteiger partial charge in [-0.25, -0.2) is 4.98 Å². The summed E-state index contributed by atoms with van der Waals surface area (Å²) in [5, 5.41) is 17.2. The van der Waals surface area contributed by atoms with Crippen molar-refractivity contribution in [2.24, 2.45) is 10.9 Å². The maximum atomic E-state index is 13.5. The molecule has 1 atom stereocenters. The minimum Gasteiger partial charge on any atom is -0.483 e. The van der Waals surface area contributed by atoms with E-state index in [9.17, 15) is 4.79 Å². The third-order valence-electron chi connectivity index (χ3n) is 6.19. The van der Waals surface area contributed by atoms with Gasteiger partial charge in [0, 0.05) is 11.1 Å². The van der Waals surface area contributed by atoms with Crippen LogP contribution in [0.15, 0.2) is 44.8 Å². The predicted molar refractivity (Wildman–Crippen MR) is 134 cm³/mol. The molecule has 1 aliphatic heterocycles. The molecule has 0 aliphatic carbocycles. The second-order valence-electron chi connectivity index (χ2n) is 8.62. The first-order chi connectivity index (χ1) is 17.3. The first-order valence-electron chi connectivity index (χ1n) is 11.3. The van der Waals surface area contributed by atoms with Gasteiger partial charge in [-0.15, -0.1) is 0 Å². The van der Waals surface area contributed by atoms with E-state index in [0.29, 0.717) is 47.6 Å². The van der Waals surface area contributed by atoms with Crippen LogP contribution in [0.3, 0.4) is 0 Å². The van der Waals surface area contributed by atoms with Crippen molar-refractivity contribution in [3.63, 3.8) is 0 Å². The molecule has 0 amide bonds. The molecule has 0 radical (unpaired) electrons. The zero-order valence-corrected chi connectivity index (χ0v) is 20.7. The van der Waals surface area contributed by atoms with Crippen LogP contribution in [0.2, 0.25) is 5.15 Å². The molecule has 1 aromatic carbocycles. The van der Waals surface area contributed by atoms with Gasteiger partial charge in [-0.1, -0.05) is 16.8 Å². The van der Waals surface area contributed by atoms with Crippen molar-refractivity contribution in [1.29, 1.82) is 0 Å². The van der Waals surface area contributed by atoms with Crippen LogP contribution in [0.1, 0.15) is 41.1 Å². The number of hydrogen-bond donors (Lipinski definition) is 2. The first-order valence-corrected chi connectivity index (χ1v) is 11.7. The van der Waals surface area contributed by atoms with Gasteiger partial charge in [0.25, 0.3) is 0 Å². The van der Waals surface area contributed by atoms with Crippen LogP contribution in [0.5, 0.6) is 5.75 Å². The molecule has 11 heteroatoms. The van der Waals surface area contributed by atoms with E-state index >= 15 is 0 Å². The molecule has 4 aromatic rings. The Balaban J connectivity index is 1.66. The first kappa shape index (κ1) is 23.8. The summed E-state index contributed by atoms with van der Waals surface area (Å²) in [4.78, 5) is 17.6. The largest absolute Gasteiger partial charge is 0.483 e. The number of aromatic nitrogens is 3. The lowest BCUT2D eigenvalue weighted by Gasteiger charge is -2.20. The molecule has 5 rings (SSSR count).